The number of benzene rings is 1. The van der Waals surface area contributed by atoms with Gasteiger partial charge in [-0.05, 0) is 35.7 Å². The van der Waals surface area contributed by atoms with E-state index in [0.717, 1.165) is 5.56 Å². The molecule has 0 aliphatic heterocycles. The van der Waals surface area contributed by atoms with Crippen LogP contribution >= 0.6 is 0 Å². The first-order chi connectivity index (χ1) is 11.9. The number of hydrogen-bond acceptors (Lipinski definition) is 4. The lowest BCUT2D eigenvalue weighted by Gasteiger charge is -2.05. The second kappa shape index (κ2) is 6.47. The Morgan fingerprint density at radius 1 is 1.16 bits per heavy atom. The molecule has 0 aliphatic rings. The summed E-state index contributed by atoms with van der Waals surface area (Å²) in [6.07, 6.45) is 0.687. The molecule has 3 rings (SSSR count). The van der Waals surface area contributed by atoms with Crippen LogP contribution in [0.5, 0.6) is 0 Å². The summed E-state index contributed by atoms with van der Waals surface area (Å²) in [5, 5.41) is 3.31. The summed E-state index contributed by atoms with van der Waals surface area (Å²) in [4.78, 5) is 24.2. The van der Waals surface area contributed by atoms with E-state index in [1.54, 1.807) is 12.1 Å². The summed E-state index contributed by atoms with van der Waals surface area (Å²) in [6, 6.07) is 8.94. The van der Waals surface area contributed by atoms with Crippen LogP contribution in [-0.4, -0.2) is 11.8 Å². The number of furan rings is 2. The highest BCUT2D eigenvalue weighted by molar-refractivity contribution is 6.13. The van der Waals surface area contributed by atoms with Crippen molar-refractivity contribution in [3.8, 4) is 0 Å². The molecule has 2 amide bonds. The van der Waals surface area contributed by atoms with Crippen LogP contribution in [-0.2, 0) is 6.42 Å². The van der Waals surface area contributed by atoms with Crippen molar-refractivity contribution < 1.29 is 18.4 Å². The standard InChI is InChI=1S/C19H20N2O4/c1-4-12-6-8-14(24-12)19(23)21-16-13-7-5-11(10(2)3)9-15(13)25-17(16)18(20)22/h5-10H,4H2,1-3H3,(H2,20,22)(H,21,23). The number of anilines is 1. The number of amides is 2. The van der Waals surface area contributed by atoms with Crippen LogP contribution in [0.25, 0.3) is 11.0 Å². The van der Waals surface area contributed by atoms with Crippen molar-refractivity contribution in [1.29, 1.82) is 0 Å². The second-order valence-corrected chi connectivity index (χ2v) is 6.15. The molecule has 2 aromatic heterocycles. The summed E-state index contributed by atoms with van der Waals surface area (Å²) in [5.74, 6) is -0.102. The summed E-state index contributed by atoms with van der Waals surface area (Å²) < 4.78 is 11.0. The molecule has 0 aliphatic carbocycles. The van der Waals surface area contributed by atoms with Crippen LogP contribution in [0.4, 0.5) is 5.69 Å². The van der Waals surface area contributed by atoms with Crippen molar-refractivity contribution in [3.63, 3.8) is 0 Å². The van der Waals surface area contributed by atoms with Crippen LogP contribution in [0.1, 0.15) is 59.1 Å². The van der Waals surface area contributed by atoms with Gasteiger partial charge in [-0.3, -0.25) is 9.59 Å². The molecular weight excluding hydrogens is 320 g/mol. The van der Waals surface area contributed by atoms with E-state index in [1.165, 1.54) is 0 Å². The van der Waals surface area contributed by atoms with Gasteiger partial charge in [-0.15, -0.1) is 0 Å². The minimum atomic E-state index is -0.744. The Labute approximate surface area is 145 Å². The third-order valence-electron chi connectivity index (χ3n) is 4.08. The lowest BCUT2D eigenvalue weighted by Crippen LogP contribution is -2.16. The van der Waals surface area contributed by atoms with E-state index < -0.39 is 11.8 Å². The lowest BCUT2D eigenvalue weighted by atomic mass is 10.0. The number of fused-ring (bicyclic) bond motifs is 1. The second-order valence-electron chi connectivity index (χ2n) is 6.15. The molecule has 2 heterocycles. The van der Waals surface area contributed by atoms with E-state index in [4.69, 9.17) is 14.6 Å². The SMILES string of the molecule is CCc1ccc(C(=O)Nc2c(C(N)=O)oc3cc(C(C)C)ccc23)o1. The number of hydrogen-bond donors (Lipinski definition) is 2. The normalized spacial score (nSPS) is 11.2. The first kappa shape index (κ1) is 16.8. The molecule has 0 saturated heterocycles. The molecule has 0 saturated carbocycles. The van der Waals surface area contributed by atoms with Gasteiger partial charge >= 0.3 is 0 Å². The number of carbonyl (C=O) groups is 2. The molecule has 0 bridgehead atoms. The molecule has 3 aromatic rings. The Balaban J connectivity index is 2.02. The molecule has 0 spiro atoms. The topological polar surface area (TPSA) is 98.5 Å². The Hall–Kier alpha value is -3.02. The van der Waals surface area contributed by atoms with Gasteiger partial charge in [0, 0.05) is 11.8 Å². The summed E-state index contributed by atoms with van der Waals surface area (Å²) in [5.41, 5.74) is 7.24. The van der Waals surface area contributed by atoms with Gasteiger partial charge in [0.2, 0.25) is 5.76 Å². The van der Waals surface area contributed by atoms with Gasteiger partial charge in [-0.2, -0.15) is 0 Å². The quantitative estimate of drug-likeness (QED) is 0.731. The minimum Gasteiger partial charge on any atom is -0.456 e. The molecule has 25 heavy (non-hydrogen) atoms. The largest absolute Gasteiger partial charge is 0.456 e. The lowest BCUT2D eigenvalue weighted by molar-refractivity contribution is 0.0977. The monoisotopic (exact) mass is 340 g/mol. The first-order valence-corrected chi connectivity index (χ1v) is 8.17. The minimum absolute atomic E-state index is 0.0773. The average molecular weight is 340 g/mol. The third-order valence-corrected chi connectivity index (χ3v) is 4.08. The van der Waals surface area contributed by atoms with Gasteiger partial charge in [0.05, 0.1) is 0 Å². The smallest absolute Gasteiger partial charge is 0.291 e. The van der Waals surface area contributed by atoms with Gasteiger partial charge in [0.15, 0.2) is 5.76 Å². The van der Waals surface area contributed by atoms with Gasteiger partial charge in [0.1, 0.15) is 17.0 Å². The molecule has 130 valence electrons. The summed E-state index contributed by atoms with van der Waals surface area (Å²) in [6.45, 7) is 6.05. The zero-order valence-corrected chi connectivity index (χ0v) is 14.4. The van der Waals surface area contributed by atoms with Crippen molar-refractivity contribution in [3.05, 3.63) is 53.2 Å². The molecule has 0 atom stereocenters. The zero-order chi connectivity index (χ0) is 18.1. The number of nitrogens with two attached hydrogens (primary N) is 1. The number of nitrogens with one attached hydrogen (secondary N) is 1. The number of primary amides is 1. The first-order valence-electron chi connectivity index (χ1n) is 8.17. The maximum absolute atomic E-state index is 12.4. The predicted molar refractivity (Wildman–Crippen MR) is 94.9 cm³/mol. The molecule has 6 nitrogen and oxygen atoms in total. The van der Waals surface area contributed by atoms with Gasteiger partial charge in [-0.25, -0.2) is 0 Å². The Kier molecular flexibility index (Phi) is 4.35. The van der Waals surface area contributed by atoms with E-state index in [2.05, 4.69) is 19.2 Å². The fraction of sp³-hybridized carbons (Fsp3) is 0.263. The van der Waals surface area contributed by atoms with Crippen LogP contribution in [0.15, 0.2) is 39.2 Å². The van der Waals surface area contributed by atoms with E-state index >= 15 is 0 Å². The average Bonchev–Trinajstić information content (AvgIpc) is 3.19. The summed E-state index contributed by atoms with van der Waals surface area (Å²) in [7, 11) is 0. The fourth-order valence-electron chi connectivity index (χ4n) is 2.64. The van der Waals surface area contributed by atoms with Crippen LogP contribution in [0, 0.1) is 0 Å². The molecule has 0 fully saturated rings. The molecule has 0 radical (unpaired) electrons. The maximum atomic E-state index is 12.4. The van der Waals surface area contributed by atoms with Crippen molar-refractivity contribution in [2.24, 2.45) is 5.73 Å². The molecular formula is C19H20N2O4. The molecule has 6 heteroatoms. The molecule has 0 unspecified atom stereocenters. The Bertz CT molecular complexity index is 950. The van der Waals surface area contributed by atoms with E-state index in [0.29, 0.717) is 29.1 Å². The van der Waals surface area contributed by atoms with Crippen LogP contribution < -0.4 is 11.1 Å². The highest BCUT2D eigenvalue weighted by Gasteiger charge is 2.22. The highest BCUT2D eigenvalue weighted by Crippen LogP contribution is 2.33. The van der Waals surface area contributed by atoms with Gasteiger partial charge in [0.25, 0.3) is 11.8 Å². The van der Waals surface area contributed by atoms with Crippen LogP contribution in [0.2, 0.25) is 0 Å². The zero-order valence-electron chi connectivity index (χ0n) is 14.4. The summed E-state index contributed by atoms with van der Waals surface area (Å²) >= 11 is 0. The Morgan fingerprint density at radius 2 is 1.92 bits per heavy atom. The highest BCUT2D eigenvalue weighted by atomic mass is 16.4. The number of carbonyl (C=O) groups excluding carboxylic acids is 2. The molecule has 3 N–H and O–H groups in total. The third kappa shape index (κ3) is 3.15. The van der Waals surface area contributed by atoms with Crippen molar-refractivity contribution in [1.82, 2.24) is 0 Å². The van der Waals surface area contributed by atoms with Crippen molar-refractivity contribution in [2.45, 2.75) is 33.1 Å². The van der Waals surface area contributed by atoms with E-state index in [1.807, 2.05) is 25.1 Å². The van der Waals surface area contributed by atoms with Crippen molar-refractivity contribution >= 4 is 28.5 Å². The predicted octanol–water partition coefficient (Wildman–Crippen LogP) is 4.06. The van der Waals surface area contributed by atoms with Gasteiger partial charge < -0.3 is 19.9 Å². The maximum Gasteiger partial charge on any atom is 0.291 e. The van der Waals surface area contributed by atoms with Crippen LogP contribution in [0.3, 0.4) is 0 Å². The van der Waals surface area contributed by atoms with E-state index in [-0.39, 0.29) is 17.2 Å². The van der Waals surface area contributed by atoms with E-state index in [9.17, 15) is 9.59 Å². The Morgan fingerprint density at radius 3 is 2.52 bits per heavy atom. The fourth-order valence-corrected chi connectivity index (χ4v) is 2.64. The van der Waals surface area contributed by atoms with Gasteiger partial charge in [-0.1, -0.05) is 26.8 Å². The van der Waals surface area contributed by atoms with Crippen molar-refractivity contribution in [2.75, 3.05) is 5.32 Å². The number of rotatable bonds is 5. The number of aryl methyl sites for hydroxylation is 1. The molecule has 1 aromatic carbocycles.